The molecule has 0 radical (unpaired) electrons. The fourth-order valence-electron chi connectivity index (χ4n) is 3.26. The molecular formula is C22H29N9O4. The molecule has 1 aromatic carbocycles. The molecule has 2 aromatic heterocycles. The molecule has 0 spiro atoms. The summed E-state index contributed by atoms with van der Waals surface area (Å²) in [6.07, 6.45) is 4.88. The Morgan fingerprint density at radius 2 is 1.91 bits per heavy atom. The van der Waals surface area contributed by atoms with Gasteiger partial charge in [-0.25, -0.2) is 24.5 Å². The molecule has 0 aliphatic rings. The summed E-state index contributed by atoms with van der Waals surface area (Å²) in [6.45, 7) is 1.19. The second-order valence-electron chi connectivity index (χ2n) is 7.68. The molecule has 0 aliphatic heterocycles. The second kappa shape index (κ2) is 12.7. The highest BCUT2D eigenvalue weighted by Gasteiger charge is 2.21. The zero-order chi connectivity index (χ0) is 25.0. The van der Waals surface area contributed by atoms with Gasteiger partial charge in [0.2, 0.25) is 0 Å². The summed E-state index contributed by atoms with van der Waals surface area (Å²) in [5.74, 6) is -0.760. The number of benzene rings is 1. The second-order valence-corrected chi connectivity index (χ2v) is 7.68. The standard InChI is InChI=1S/C22H29N9O4/c23-21(24)25-9-5-2-6-10-31-14-29-17-18(27-13-28-19(17)31)26-11-16(20(32)33)30-22(34)35-12-15-7-3-1-4-8-15/h1,3-4,7-8,13-14,16H,2,5-6,9-12H2,(H,30,34)(H,32,33)(H4,23,24,25)(H,26,27,28)/t16-/m0/s1. The van der Waals surface area contributed by atoms with Crippen LogP contribution in [0.4, 0.5) is 10.6 Å². The van der Waals surface area contributed by atoms with E-state index >= 15 is 0 Å². The van der Waals surface area contributed by atoms with Crippen molar-refractivity contribution >= 4 is 35.0 Å². The summed E-state index contributed by atoms with van der Waals surface area (Å²) >= 11 is 0. The molecule has 0 fully saturated rings. The highest BCUT2D eigenvalue weighted by atomic mass is 16.5. The third kappa shape index (κ3) is 7.84. The van der Waals surface area contributed by atoms with Gasteiger partial charge in [-0.05, 0) is 24.8 Å². The van der Waals surface area contributed by atoms with Gasteiger partial charge in [-0.15, -0.1) is 0 Å². The summed E-state index contributed by atoms with van der Waals surface area (Å²) < 4.78 is 7.01. The van der Waals surface area contributed by atoms with E-state index in [1.54, 1.807) is 18.5 Å². The Kier molecular flexibility index (Phi) is 9.16. The van der Waals surface area contributed by atoms with E-state index in [0.29, 0.717) is 30.1 Å². The quantitative estimate of drug-likeness (QED) is 0.133. The number of anilines is 1. The number of carbonyl (C=O) groups excluding carboxylic acids is 1. The predicted molar refractivity (Wildman–Crippen MR) is 130 cm³/mol. The van der Waals surface area contributed by atoms with E-state index in [1.165, 1.54) is 6.33 Å². The highest BCUT2D eigenvalue weighted by molar-refractivity contribution is 5.84. The summed E-state index contributed by atoms with van der Waals surface area (Å²) in [4.78, 5) is 40.5. The van der Waals surface area contributed by atoms with Gasteiger partial charge in [-0.3, -0.25) is 4.99 Å². The van der Waals surface area contributed by atoms with Crippen LogP contribution in [-0.2, 0) is 22.7 Å². The third-order valence-electron chi connectivity index (χ3n) is 5.03. The van der Waals surface area contributed by atoms with Crippen molar-refractivity contribution in [3.63, 3.8) is 0 Å². The molecule has 3 aromatic rings. The minimum Gasteiger partial charge on any atom is -0.480 e. The number of hydrogen-bond acceptors (Lipinski definition) is 8. The average molecular weight is 484 g/mol. The lowest BCUT2D eigenvalue weighted by molar-refractivity contribution is -0.139. The molecule has 35 heavy (non-hydrogen) atoms. The van der Waals surface area contributed by atoms with Crippen LogP contribution in [0.15, 0.2) is 48.0 Å². The van der Waals surface area contributed by atoms with Gasteiger partial charge in [0.1, 0.15) is 24.5 Å². The lowest BCUT2D eigenvalue weighted by atomic mass is 10.2. The average Bonchev–Trinajstić information content (AvgIpc) is 3.26. The highest BCUT2D eigenvalue weighted by Crippen LogP contribution is 2.18. The minimum absolute atomic E-state index is 0.0324. The first-order valence-corrected chi connectivity index (χ1v) is 11.1. The molecule has 0 saturated heterocycles. The largest absolute Gasteiger partial charge is 0.480 e. The number of carbonyl (C=O) groups is 2. The van der Waals surface area contributed by atoms with E-state index < -0.39 is 18.1 Å². The van der Waals surface area contributed by atoms with E-state index in [9.17, 15) is 14.7 Å². The maximum absolute atomic E-state index is 12.1. The molecule has 1 atom stereocenters. The van der Waals surface area contributed by atoms with E-state index in [0.717, 1.165) is 24.8 Å². The van der Waals surface area contributed by atoms with Gasteiger partial charge in [0.25, 0.3) is 0 Å². The van der Waals surface area contributed by atoms with Crippen LogP contribution in [0.5, 0.6) is 0 Å². The molecule has 186 valence electrons. The van der Waals surface area contributed by atoms with Gasteiger partial charge < -0.3 is 36.5 Å². The number of aromatic nitrogens is 4. The zero-order valence-electron chi connectivity index (χ0n) is 19.1. The lowest BCUT2D eigenvalue weighted by Gasteiger charge is -2.16. The van der Waals surface area contributed by atoms with Gasteiger partial charge in [0.05, 0.1) is 6.33 Å². The Morgan fingerprint density at radius 1 is 1.11 bits per heavy atom. The smallest absolute Gasteiger partial charge is 0.408 e. The van der Waals surface area contributed by atoms with Crippen LogP contribution in [-0.4, -0.2) is 61.8 Å². The van der Waals surface area contributed by atoms with Gasteiger partial charge in [0, 0.05) is 19.6 Å². The molecule has 13 nitrogen and oxygen atoms in total. The van der Waals surface area contributed by atoms with Gasteiger partial charge >= 0.3 is 12.1 Å². The van der Waals surface area contributed by atoms with E-state index in [-0.39, 0.29) is 19.1 Å². The van der Waals surface area contributed by atoms with Gasteiger partial charge in [0.15, 0.2) is 17.4 Å². The first-order valence-electron chi connectivity index (χ1n) is 11.1. The Morgan fingerprint density at radius 3 is 2.66 bits per heavy atom. The number of aryl methyl sites for hydroxylation is 1. The lowest BCUT2D eigenvalue weighted by Crippen LogP contribution is -2.45. The summed E-state index contributed by atoms with van der Waals surface area (Å²) in [7, 11) is 0. The van der Waals surface area contributed by atoms with Gasteiger partial charge in [-0.2, -0.15) is 0 Å². The number of nitrogens with zero attached hydrogens (tertiary/aromatic N) is 5. The fraction of sp³-hybridized carbons (Fsp3) is 0.364. The van der Waals surface area contributed by atoms with Crippen LogP contribution in [0.25, 0.3) is 11.2 Å². The molecule has 0 unspecified atom stereocenters. The maximum atomic E-state index is 12.1. The number of alkyl carbamates (subject to hydrolysis) is 1. The van der Waals surface area contributed by atoms with Crippen LogP contribution in [0, 0.1) is 0 Å². The van der Waals surface area contributed by atoms with Crippen molar-refractivity contribution in [1.29, 1.82) is 0 Å². The number of imidazole rings is 1. The molecule has 3 rings (SSSR count). The zero-order valence-corrected chi connectivity index (χ0v) is 19.1. The first kappa shape index (κ1) is 25.2. The first-order chi connectivity index (χ1) is 16.9. The van der Waals surface area contributed by atoms with Crippen molar-refractivity contribution in [2.45, 2.75) is 38.5 Å². The normalized spacial score (nSPS) is 11.5. The molecule has 1 amide bonds. The van der Waals surface area contributed by atoms with Crippen molar-refractivity contribution in [2.24, 2.45) is 16.5 Å². The summed E-state index contributed by atoms with van der Waals surface area (Å²) in [5.41, 5.74) is 12.5. The van der Waals surface area contributed by atoms with Crippen LogP contribution < -0.4 is 22.1 Å². The van der Waals surface area contributed by atoms with E-state index in [2.05, 4.69) is 30.6 Å². The summed E-state index contributed by atoms with van der Waals surface area (Å²) in [5, 5.41) is 14.8. The minimum atomic E-state index is -1.24. The van der Waals surface area contributed by atoms with E-state index in [1.807, 2.05) is 22.8 Å². The molecular weight excluding hydrogens is 454 g/mol. The van der Waals surface area contributed by atoms with E-state index in [4.69, 9.17) is 16.2 Å². The van der Waals surface area contributed by atoms with Crippen LogP contribution in [0.2, 0.25) is 0 Å². The molecule has 2 heterocycles. The van der Waals surface area contributed by atoms with Crippen molar-refractivity contribution in [1.82, 2.24) is 24.8 Å². The molecule has 0 bridgehead atoms. The molecule has 0 saturated carbocycles. The fourth-order valence-corrected chi connectivity index (χ4v) is 3.26. The number of nitrogens with one attached hydrogen (secondary N) is 2. The molecule has 0 aliphatic carbocycles. The Bertz CT molecular complexity index is 1150. The number of fused-ring (bicyclic) bond motifs is 1. The number of aliphatic carboxylic acids is 1. The number of amides is 1. The monoisotopic (exact) mass is 483 g/mol. The SMILES string of the molecule is NC(N)=NCCCCCn1cnc2c(NC[C@H](NC(=O)OCc3ccccc3)C(=O)O)ncnc21. The number of aliphatic imine (C=N–C) groups is 1. The van der Waals surface area contributed by atoms with Gasteiger partial charge in [-0.1, -0.05) is 30.3 Å². The molecule has 13 heteroatoms. The number of nitrogens with two attached hydrogens (primary N) is 2. The number of carboxylic acid groups (broad SMARTS) is 1. The number of rotatable bonds is 13. The summed E-state index contributed by atoms with van der Waals surface area (Å²) in [6, 6.07) is 7.85. The Labute approximate surface area is 201 Å². The number of carboxylic acids is 1. The number of unbranched alkanes of at least 4 members (excludes halogenated alkanes) is 2. The number of guanidine groups is 1. The number of hydrogen-bond donors (Lipinski definition) is 5. The molecule has 7 N–H and O–H groups in total. The maximum Gasteiger partial charge on any atom is 0.408 e. The van der Waals surface area contributed by atoms with Crippen LogP contribution >= 0.6 is 0 Å². The van der Waals surface area contributed by atoms with Crippen molar-refractivity contribution in [3.05, 3.63) is 48.5 Å². The van der Waals surface area contributed by atoms with Crippen molar-refractivity contribution in [2.75, 3.05) is 18.4 Å². The Balaban J connectivity index is 1.53. The predicted octanol–water partition coefficient (Wildman–Crippen LogP) is 1.06. The van der Waals surface area contributed by atoms with Crippen LogP contribution in [0.1, 0.15) is 24.8 Å². The van der Waals surface area contributed by atoms with Crippen molar-refractivity contribution < 1.29 is 19.4 Å². The number of ether oxygens (including phenoxy) is 1. The Hall–Kier alpha value is -4.42. The van der Waals surface area contributed by atoms with Crippen LogP contribution in [0.3, 0.4) is 0 Å². The van der Waals surface area contributed by atoms with Crippen molar-refractivity contribution in [3.8, 4) is 0 Å². The topological polar surface area (TPSA) is 196 Å². The third-order valence-corrected chi connectivity index (χ3v) is 5.03.